The third kappa shape index (κ3) is 5.56. The van der Waals surface area contributed by atoms with Gasteiger partial charge in [0.25, 0.3) is 10.0 Å². The van der Waals surface area contributed by atoms with Gasteiger partial charge in [0, 0.05) is 6.54 Å². The Balaban J connectivity index is 1.87. The van der Waals surface area contributed by atoms with Gasteiger partial charge in [0.2, 0.25) is 5.91 Å². The van der Waals surface area contributed by atoms with E-state index in [1.165, 1.54) is 24.3 Å². The number of nitrogens with one attached hydrogen (secondary N) is 1. The number of benzene rings is 3. The largest absolute Gasteiger partial charge is 0.370 e. The van der Waals surface area contributed by atoms with E-state index in [4.69, 9.17) is 5.90 Å². The number of nitrogens with two attached hydrogens (primary N) is 1. The van der Waals surface area contributed by atoms with Gasteiger partial charge >= 0.3 is 5.97 Å². The van der Waals surface area contributed by atoms with Crippen molar-refractivity contribution in [2.24, 2.45) is 5.90 Å². The summed E-state index contributed by atoms with van der Waals surface area (Å²) in [5.41, 5.74) is 0.838. The second kappa shape index (κ2) is 10.4. The molecule has 3 rings (SSSR count). The number of rotatable bonds is 8. The fourth-order valence-corrected chi connectivity index (χ4v) is 4.51. The van der Waals surface area contributed by atoms with Crippen molar-refractivity contribution in [2.45, 2.75) is 18.4 Å². The van der Waals surface area contributed by atoms with Crippen molar-refractivity contribution in [1.29, 1.82) is 0 Å². The Bertz CT molecular complexity index is 1310. The highest BCUT2D eigenvalue weighted by atomic mass is 32.2. The molecule has 0 aliphatic rings. The predicted octanol–water partition coefficient (Wildman–Crippen LogP) is 2.82. The summed E-state index contributed by atoms with van der Waals surface area (Å²) in [5, 5.41) is 2.51. The fourth-order valence-electron chi connectivity index (χ4n) is 3.09. The molecule has 0 saturated heterocycles. The first kappa shape index (κ1) is 24.8. The maximum Gasteiger partial charge on any atom is 0.356 e. The highest BCUT2D eigenvalue weighted by Crippen LogP contribution is 2.27. The molecule has 3 aromatic rings. The van der Waals surface area contributed by atoms with Crippen molar-refractivity contribution in [3.05, 3.63) is 95.1 Å². The number of nitrogens with zero attached hydrogens (tertiary/aromatic N) is 1. The van der Waals surface area contributed by atoms with Crippen LogP contribution in [0.25, 0.3) is 0 Å². The lowest BCUT2D eigenvalue weighted by molar-refractivity contribution is -0.119. The number of hydrogen-bond acceptors (Lipinski definition) is 6. The van der Waals surface area contributed by atoms with Gasteiger partial charge in [-0.2, -0.15) is 5.90 Å². The minimum Gasteiger partial charge on any atom is -0.370 e. The van der Waals surface area contributed by atoms with Crippen LogP contribution in [0, 0.1) is 18.6 Å². The molecule has 0 bridgehead atoms. The van der Waals surface area contributed by atoms with Crippen LogP contribution in [0.4, 0.5) is 14.5 Å². The minimum absolute atomic E-state index is 0.0748. The zero-order chi connectivity index (χ0) is 24.9. The van der Waals surface area contributed by atoms with Gasteiger partial charge in [-0.3, -0.25) is 9.10 Å². The molecule has 11 heteroatoms. The van der Waals surface area contributed by atoms with Crippen LogP contribution in [0.2, 0.25) is 0 Å². The van der Waals surface area contributed by atoms with Crippen LogP contribution in [0.15, 0.2) is 71.6 Å². The van der Waals surface area contributed by atoms with E-state index in [0.717, 1.165) is 23.8 Å². The zero-order valence-electron chi connectivity index (χ0n) is 18.0. The van der Waals surface area contributed by atoms with Crippen molar-refractivity contribution < 1.29 is 31.6 Å². The van der Waals surface area contributed by atoms with E-state index in [-0.39, 0.29) is 17.0 Å². The summed E-state index contributed by atoms with van der Waals surface area (Å²) in [6, 6.07) is 14.8. The summed E-state index contributed by atoms with van der Waals surface area (Å²) in [4.78, 5) is 28.2. The molecule has 8 nitrogen and oxygen atoms in total. The topological polar surface area (TPSA) is 119 Å². The van der Waals surface area contributed by atoms with Crippen molar-refractivity contribution >= 4 is 27.6 Å². The van der Waals surface area contributed by atoms with Crippen LogP contribution < -0.4 is 15.5 Å². The molecule has 0 spiro atoms. The number of aryl methyl sites for hydroxylation is 1. The van der Waals surface area contributed by atoms with E-state index in [1.807, 2.05) is 0 Å². The van der Waals surface area contributed by atoms with Crippen LogP contribution in [0.5, 0.6) is 0 Å². The van der Waals surface area contributed by atoms with Gasteiger partial charge in [0.15, 0.2) is 11.6 Å². The Labute approximate surface area is 195 Å². The van der Waals surface area contributed by atoms with E-state index < -0.39 is 45.8 Å². The molecule has 178 valence electrons. The number of carbonyl (C=O) groups excluding carboxylic acids is 2. The second-order valence-electron chi connectivity index (χ2n) is 7.28. The van der Waals surface area contributed by atoms with Crippen LogP contribution in [-0.2, 0) is 26.2 Å². The molecule has 0 aliphatic carbocycles. The van der Waals surface area contributed by atoms with Crippen LogP contribution in [0.1, 0.15) is 21.5 Å². The Hall–Kier alpha value is -3.83. The third-order valence-electron chi connectivity index (χ3n) is 4.86. The van der Waals surface area contributed by atoms with E-state index >= 15 is 0 Å². The molecule has 3 N–H and O–H groups in total. The predicted molar refractivity (Wildman–Crippen MR) is 120 cm³/mol. The second-order valence-corrected chi connectivity index (χ2v) is 9.14. The zero-order valence-corrected chi connectivity index (χ0v) is 18.8. The first-order valence-electron chi connectivity index (χ1n) is 9.93. The lowest BCUT2D eigenvalue weighted by atomic mass is 10.1. The molecule has 0 aromatic heterocycles. The number of carbonyl (C=O) groups is 2. The summed E-state index contributed by atoms with van der Waals surface area (Å²) in [6.45, 7) is 0.867. The van der Waals surface area contributed by atoms with Gasteiger partial charge in [-0.25, -0.2) is 22.0 Å². The molecule has 0 aliphatic heterocycles. The van der Waals surface area contributed by atoms with Gasteiger partial charge < -0.3 is 10.2 Å². The maximum atomic E-state index is 14.6. The fraction of sp³-hybridized carbons (Fsp3) is 0.130. The summed E-state index contributed by atoms with van der Waals surface area (Å²) >= 11 is 0. The molecule has 0 saturated carbocycles. The van der Waals surface area contributed by atoms with Gasteiger partial charge in [-0.15, -0.1) is 0 Å². The molecule has 0 heterocycles. The average Bonchev–Trinajstić information content (AvgIpc) is 2.83. The first-order chi connectivity index (χ1) is 16.1. The van der Waals surface area contributed by atoms with Gasteiger partial charge in [0.1, 0.15) is 6.54 Å². The smallest absolute Gasteiger partial charge is 0.356 e. The van der Waals surface area contributed by atoms with Gasteiger partial charge in [-0.05, 0) is 48.9 Å². The third-order valence-corrected chi connectivity index (χ3v) is 6.63. The highest BCUT2D eigenvalue weighted by Gasteiger charge is 2.30. The number of hydrogen-bond donors (Lipinski definition) is 2. The summed E-state index contributed by atoms with van der Waals surface area (Å²) < 4.78 is 55.5. The molecule has 1 amide bonds. The Morgan fingerprint density at radius 2 is 1.71 bits per heavy atom. The summed E-state index contributed by atoms with van der Waals surface area (Å²) in [6.07, 6.45) is 0. The maximum absolute atomic E-state index is 14.6. The van der Waals surface area contributed by atoms with Crippen molar-refractivity contribution in [2.75, 3.05) is 10.8 Å². The van der Waals surface area contributed by atoms with Crippen LogP contribution in [-0.4, -0.2) is 26.8 Å². The highest BCUT2D eigenvalue weighted by molar-refractivity contribution is 7.92. The Morgan fingerprint density at radius 3 is 2.38 bits per heavy atom. The monoisotopic (exact) mass is 489 g/mol. The lowest BCUT2D eigenvalue weighted by Gasteiger charge is -2.24. The van der Waals surface area contributed by atoms with Gasteiger partial charge in [-0.1, -0.05) is 35.9 Å². The summed E-state index contributed by atoms with van der Waals surface area (Å²) in [7, 11) is -4.42. The SMILES string of the molecule is Cc1ccc(S(=O)(=O)N(CC(=O)NCc2cccc(C(=O)ON)c2)c2cccc(F)c2F)cc1. The lowest BCUT2D eigenvalue weighted by Crippen LogP contribution is -2.41. The number of amides is 1. The quantitative estimate of drug-likeness (QED) is 0.470. The summed E-state index contributed by atoms with van der Waals surface area (Å²) in [5.74, 6) is 0.646. The number of sulfonamides is 1. The normalized spacial score (nSPS) is 11.1. The van der Waals surface area contributed by atoms with Gasteiger partial charge in [0.05, 0.1) is 16.1 Å². The first-order valence-corrected chi connectivity index (χ1v) is 11.4. The molecule has 0 fully saturated rings. The van der Waals surface area contributed by atoms with Crippen LogP contribution >= 0.6 is 0 Å². The van der Waals surface area contributed by atoms with Crippen molar-refractivity contribution in [3.8, 4) is 0 Å². The number of halogens is 2. The number of anilines is 1. The standard InChI is InChI=1S/C23H21F2N3O5S/c1-15-8-10-18(11-9-15)34(31,32)28(20-7-3-6-19(24)22(20)25)14-21(29)27-13-16-4-2-5-17(12-16)23(30)33-26/h2-12H,13-14,26H2,1H3,(H,27,29). The van der Waals surface area contributed by atoms with E-state index in [1.54, 1.807) is 31.2 Å². The Morgan fingerprint density at radius 1 is 1.03 bits per heavy atom. The van der Waals surface area contributed by atoms with E-state index in [0.29, 0.717) is 9.87 Å². The molecular weight excluding hydrogens is 468 g/mol. The minimum atomic E-state index is -4.42. The van der Waals surface area contributed by atoms with E-state index in [2.05, 4.69) is 10.2 Å². The molecule has 3 aromatic carbocycles. The molecule has 0 unspecified atom stereocenters. The average molecular weight is 490 g/mol. The molecule has 0 radical (unpaired) electrons. The molecular formula is C23H21F2N3O5S. The Kier molecular flexibility index (Phi) is 7.59. The molecule has 34 heavy (non-hydrogen) atoms. The van der Waals surface area contributed by atoms with E-state index in [9.17, 15) is 26.8 Å². The molecule has 0 atom stereocenters. The van der Waals surface area contributed by atoms with Crippen molar-refractivity contribution in [3.63, 3.8) is 0 Å². The van der Waals surface area contributed by atoms with Crippen molar-refractivity contribution in [1.82, 2.24) is 5.32 Å². The van der Waals surface area contributed by atoms with Crippen LogP contribution in [0.3, 0.4) is 0 Å².